The van der Waals surface area contributed by atoms with Gasteiger partial charge in [-0.3, -0.25) is 0 Å². The molecular weight excluding hydrogens is 199 g/mol. The fourth-order valence-electron chi connectivity index (χ4n) is 1.22. The monoisotopic (exact) mass is 212 g/mol. The van der Waals surface area contributed by atoms with E-state index in [-0.39, 0.29) is 12.4 Å². The standard InChI is InChI=1S/C10H13FN2O2/c11-8-4-2-1-3-7(8)9(12)5-6-15-10(13)14/h1-4,9H,5-6,12H2,(H2,13,14). The highest BCUT2D eigenvalue weighted by Crippen LogP contribution is 2.17. The van der Waals surface area contributed by atoms with Crippen LogP contribution in [-0.4, -0.2) is 12.7 Å². The van der Waals surface area contributed by atoms with Crippen molar-refractivity contribution in [2.24, 2.45) is 11.5 Å². The van der Waals surface area contributed by atoms with Gasteiger partial charge in [0, 0.05) is 18.0 Å². The molecule has 4 nitrogen and oxygen atoms in total. The van der Waals surface area contributed by atoms with E-state index in [1.54, 1.807) is 18.2 Å². The fourth-order valence-corrected chi connectivity index (χ4v) is 1.22. The third-order valence-electron chi connectivity index (χ3n) is 1.98. The van der Waals surface area contributed by atoms with Gasteiger partial charge >= 0.3 is 6.09 Å². The number of ether oxygens (including phenoxy) is 1. The molecule has 1 atom stereocenters. The van der Waals surface area contributed by atoms with E-state index in [0.717, 1.165) is 0 Å². The van der Waals surface area contributed by atoms with E-state index in [9.17, 15) is 9.18 Å². The zero-order valence-corrected chi connectivity index (χ0v) is 8.15. The van der Waals surface area contributed by atoms with E-state index in [4.69, 9.17) is 11.5 Å². The largest absolute Gasteiger partial charge is 0.450 e. The number of amides is 1. The number of carbonyl (C=O) groups is 1. The maximum absolute atomic E-state index is 13.2. The molecule has 1 rings (SSSR count). The second kappa shape index (κ2) is 5.31. The lowest BCUT2D eigenvalue weighted by Gasteiger charge is -2.12. The molecule has 0 radical (unpaired) electrons. The lowest BCUT2D eigenvalue weighted by molar-refractivity contribution is 0.152. The number of hydrogen-bond acceptors (Lipinski definition) is 3. The van der Waals surface area contributed by atoms with Crippen molar-refractivity contribution in [1.29, 1.82) is 0 Å². The average molecular weight is 212 g/mol. The smallest absolute Gasteiger partial charge is 0.404 e. The molecule has 1 aromatic rings. The van der Waals surface area contributed by atoms with Crippen LogP contribution in [0.1, 0.15) is 18.0 Å². The summed E-state index contributed by atoms with van der Waals surface area (Å²) in [6.45, 7) is 0.0881. The molecule has 0 saturated heterocycles. The molecule has 0 saturated carbocycles. The van der Waals surface area contributed by atoms with Crippen LogP contribution in [0.5, 0.6) is 0 Å². The summed E-state index contributed by atoms with van der Waals surface area (Å²) in [5, 5.41) is 0. The minimum Gasteiger partial charge on any atom is -0.450 e. The second-order valence-corrected chi connectivity index (χ2v) is 3.08. The van der Waals surface area contributed by atoms with Gasteiger partial charge in [-0.25, -0.2) is 9.18 Å². The Labute approximate surface area is 87.0 Å². The number of halogens is 1. The first kappa shape index (κ1) is 11.5. The summed E-state index contributed by atoms with van der Waals surface area (Å²) in [7, 11) is 0. The summed E-state index contributed by atoms with van der Waals surface area (Å²) in [5.41, 5.74) is 10.9. The van der Waals surface area contributed by atoms with Crippen molar-refractivity contribution in [3.05, 3.63) is 35.6 Å². The molecule has 1 unspecified atom stereocenters. The number of primary amides is 1. The third kappa shape index (κ3) is 3.55. The molecule has 0 aliphatic carbocycles. The Morgan fingerprint density at radius 1 is 1.47 bits per heavy atom. The Balaban J connectivity index is 2.50. The summed E-state index contributed by atoms with van der Waals surface area (Å²) < 4.78 is 17.7. The molecule has 4 N–H and O–H groups in total. The highest BCUT2D eigenvalue weighted by Gasteiger charge is 2.10. The fraction of sp³-hybridized carbons (Fsp3) is 0.300. The summed E-state index contributed by atoms with van der Waals surface area (Å²) >= 11 is 0. The van der Waals surface area contributed by atoms with Gasteiger partial charge in [0.15, 0.2) is 0 Å². The van der Waals surface area contributed by atoms with Crippen LogP contribution in [0.25, 0.3) is 0 Å². The van der Waals surface area contributed by atoms with Gasteiger partial charge in [-0.2, -0.15) is 0 Å². The first-order chi connectivity index (χ1) is 7.11. The van der Waals surface area contributed by atoms with Crippen LogP contribution in [0.2, 0.25) is 0 Å². The van der Waals surface area contributed by atoms with Crippen LogP contribution in [0.4, 0.5) is 9.18 Å². The third-order valence-corrected chi connectivity index (χ3v) is 1.98. The molecule has 5 heteroatoms. The second-order valence-electron chi connectivity index (χ2n) is 3.08. The van der Waals surface area contributed by atoms with Gasteiger partial charge < -0.3 is 16.2 Å². The van der Waals surface area contributed by atoms with Crippen molar-refractivity contribution in [2.45, 2.75) is 12.5 Å². The van der Waals surface area contributed by atoms with E-state index in [0.29, 0.717) is 12.0 Å². The molecule has 0 spiro atoms. The number of benzene rings is 1. The molecule has 0 aromatic heterocycles. The number of nitrogens with two attached hydrogens (primary N) is 2. The number of carbonyl (C=O) groups excluding carboxylic acids is 1. The summed E-state index contributed by atoms with van der Waals surface area (Å²) in [4.78, 5) is 10.3. The van der Waals surface area contributed by atoms with Gasteiger partial charge in [-0.15, -0.1) is 0 Å². The van der Waals surface area contributed by atoms with Crippen molar-refractivity contribution in [2.75, 3.05) is 6.61 Å². The van der Waals surface area contributed by atoms with Crippen molar-refractivity contribution in [1.82, 2.24) is 0 Å². The molecule has 15 heavy (non-hydrogen) atoms. The Morgan fingerprint density at radius 3 is 2.73 bits per heavy atom. The molecule has 0 bridgehead atoms. The predicted octanol–water partition coefficient (Wildman–Crippen LogP) is 1.31. The molecule has 1 aromatic carbocycles. The predicted molar refractivity (Wildman–Crippen MR) is 53.5 cm³/mol. The Kier molecular flexibility index (Phi) is 4.05. The zero-order chi connectivity index (χ0) is 11.3. The van der Waals surface area contributed by atoms with Crippen LogP contribution in [0, 0.1) is 5.82 Å². The van der Waals surface area contributed by atoms with Crippen molar-refractivity contribution in [3.8, 4) is 0 Å². The summed E-state index contributed by atoms with van der Waals surface area (Å²) in [6, 6.07) is 5.73. The van der Waals surface area contributed by atoms with Crippen molar-refractivity contribution >= 4 is 6.09 Å². The quantitative estimate of drug-likeness (QED) is 0.789. The normalized spacial score (nSPS) is 12.1. The first-order valence-corrected chi connectivity index (χ1v) is 4.53. The van der Waals surface area contributed by atoms with Crippen LogP contribution in [-0.2, 0) is 4.74 Å². The van der Waals surface area contributed by atoms with Crippen molar-refractivity contribution in [3.63, 3.8) is 0 Å². The van der Waals surface area contributed by atoms with Gasteiger partial charge in [0.05, 0.1) is 6.61 Å². The highest BCUT2D eigenvalue weighted by molar-refractivity contribution is 5.64. The molecule has 0 aliphatic rings. The molecule has 1 amide bonds. The first-order valence-electron chi connectivity index (χ1n) is 4.53. The number of hydrogen-bond donors (Lipinski definition) is 2. The van der Waals surface area contributed by atoms with Gasteiger partial charge in [0.1, 0.15) is 5.82 Å². The Bertz CT molecular complexity index is 344. The van der Waals surface area contributed by atoms with E-state index < -0.39 is 12.1 Å². The van der Waals surface area contributed by atoms with E-state index in [2.05, 4.69) is 4.74 Å². The summed E-state index contributed by atoms with van der Waals surface area (Å²) in [6.07, 6.45) is -0.514. The molecular formula is C10H13FN2O2. The van der Waals surface area contributed by atoms with E-state index in [1.807, 2.05) is 0 Å². The average Bonchev–Trinajstić information content (AvgIpc) is 2.17. The Morgan fingerprint density at radius 2 is 2.13 bits per heavy atom. The minimum absolute atomic E-state index is 0.0881. The minimum atomic E-state index is -0.851. The molecule has 0 heterocycles. The van der Waals surface area contributed by atoms with Gasteiger partial charge in [0.25, 0.3) is 0 Å². The van der Waals surface area contributed by atoms with Gasteiger partial charge in [0.2, 0.25) is 0 Å². The van der Waals surface area contributed by atoms with Gasteiger partial charge in [-0.05, 0) is 6.07 Å². The lowest BCUT2D eigenvalue weighted by atomic mass is 10.0. The zero-order valence-electron chi connectivity index (χ0n) is 8.15. The number of rotatable bonds is 4. The van der Waals surface area contributed by atoms with Crippen molar-refractivity contribution < 1.29 is 13.9 Å². The van der Waals surface area contributed by atoms with Crippen LogP contribution < -0.4 is 11.5 Å². The molecule has 82 valence electrons. The van der Waals surface area contributed by atoms with Gasteiger partial charge in [-0.1, -0.05) is 18.2 Å². The maximum atomic E-state index is 13.2. The Hall–Kier alpha value is -1.62. The van der Waals surface area contributed by atoms with Crippen LogP contribution >= 0.6 is 0 Å². The van der Waals surface area contributed by atoms with Crippen LogP contribution in [0.3, 0.4) is 0 Å². The van der Waals surface area contributed by atoms with E-state index in [1.165, 1.54) is 6.07 Å². The molecule has 0 fully saturated rings. The topological polar surface area (TPSA) is 78.3 Å². The maximum Gasteiger partial charge on any atom is 0.404 e. The summed E-state index contributed by atoms with van der Waals surface area (Å²) in [5.74, 6) is -0.357. The highest BCUT2D eigenvalue weighted by atomic mass is 19.1. The SMILES string of the molecule is NC(=O)OCCC(N)c1ccccc1F. The van der Waals surface area contributed by atoms with E-state index >= 15 is 0 Å². The lowest BCUT2D eigenvalue weighted by Crippen LogP contribution is -2.18. The molecule has 0 aliphatic heterocycles. The van der Waals surface area contributed by atoms with Crippen LogP contribution in [0.15, 0.2) is 24.3 Å².